The summed E-state index contributed by atoms with van der Waals surface area (Å²) in [5.41, 5.74) is 4.06. The molecule has 0 atom stereocenters. The van der Waals surface area contributed by atoms with Gasteiger partial charge in [0.05, 0.1) is 12.7 Å². The Balaban J connectivity index is 1.94. The Hall–Kier alpha value is -3.14. The molecular weight excluding hydrogens is 300 g/mol. The fourth-order valence-corrected chi connectivity index (χ4v) is 2.52. The standard InChI is InChI=1S/C20H18N2O2/c1-14-12-17(10-11-21-14)22-20(23)18-13-16(8-9-19(18)24-2)15-6-4-3-5-7-15/h3-13H,1-2H3,(H,21,22,23). The van der Waals surface area contributed by atoms with Crippen LogP contribution in [0, 0.1) is 6.92 Å². The number of pyridine rings is 1. The van der Waals surface area contributed by atoms with Crippen molar-refractivity contribution in [2.75, 3.05) is 12.4 Å². The molecule has 0 spiro atoms. The van der Waals surface area contributed by atoms with E-state index >= 15 is 0 Å². The monoisotopic (exact) mass is 318 g/mol. The lowest BCUT2D eigenvalue weighted by atomic mass is 10.0. The molecule has 1 heterocycles. The Kier molecular flexibility index (Phi) is 4.57. The third-order valence-electron chi connectivity index (χ3n) is 3.71. The largest absolute Gasteiger partial charge is 0.496 e. The maximum absolute atomic E-state index is 12.7. The van der Waals surface area contributed by atoms with Gasteiger partial charge in [0.1, 0.15) is 5.75 Å². The fourth-order valence-electron chi connectivity index (χ4n) is 2.52. The second-order valence-electron chi connectivity index (χ2n) is 5.42. The minimum atomic E-state index is -0.213. The summed E-state index contributed by atoms with van der Waals surface area (Å²) in [6, 6.07) is 19.1. The summed E-state index contributed by atoms with van der Waals surface area (Å²) < 4.78 is 5.35. The van der Waals surface area contributed by atoms with Crippen LogP contribution in [0.4, 0.5) is 5.69 Å². The van der Waals surface area contributed by atoms with Crippen LogP contribution in [0.3, 0.4) is 0 Å². The van der Waals surface area contributed by atoms with Gasteiger partial charge in [0.2, 0.25) is 0 Å². The van der Waals surface area contributed by atoms with Crippen LogP contribution in [0.5, 0.6) is 5.75 Å². The fraction of sp³-hybridized carbons (Fsp3) is 0.100. The van der Waals surface area contributed by atoms with Crippen molar-refractivity contribution in [1.82, 2.24) is 4.98 Å². The molecular formula is C20H18N2O2. The van der Waals surface area contributed by atoms with Gasteiger partial charge in [-0.15, -0.1) is 0 Å². The molecule has 0 bridgehead atoms. The number of hydrogen-bond donors (Lipinski definition) is 1. The summed E-state index contributed by atoms with van der Waals surface area (Å²) in [7, 11) is 1.56. The van der Waals surface area contributed by atoms with Crippen molar-refractivity contribution < 1.29 is 9.53 Å². The van der Waals surface area contributed by atoms with Crippen molar-refractivity contribution >= 4 is 11.6 Å². The smallest absolute Gasteiger partial charge is 0.259 e. The number of ether oxygens (including phenoxy) is 1. The molecule has 1 N–H and O–H groups in total. The second kappa shape index (κ2) is 6.96. The van der Waals surface area contributed by atoms with E-state index in [1.54, 1.807) is 19.4 Å². The van der Waals surface area contributed by atoms with Crippen LogP contribution in [0.15, 0.2) is 66.9 Å². The van der Waals surface area contributed by atoms with E-state index in [1.807, 2.05) is 61.5 Å². The predicted octanol–water partition coefficient (Wildman–Crippen LogP) is 4.32. The summed E-state index contributed by atoms with van der Waals surface area (Å²) in [5.74, 6) is 0.327. The Morgan fingerprint density at radius 2 is 1.79 bits per heavy atom. The molecule has 0 aliphatic rings. The zero-order valence-corrected chi connectivity index (χ0v) is 13.6. The molecule has 4 nitrogen and oxygen atoms in total. The molecule has 1 amide bonds. The van der Waals surface area contributed by atoms with E-state index in [2.05, 4.69) is 10.3 Å². The molecule has 3 rings (SSSR count). The van der Waals surface area contributed by atoms with Crippen LogP contribution >= 0.6 is 0 Å². The Labute approximate surface area is 141 Å². The molecule has 0 aliphatic carbocycles. The first-order chi connectivity index (χ1) is 11.7. The first kappa shape index (κ1) is 15.7. The second-order valence-corrected chi connectivity index (χ2v) is 5.42. The van der Waals surface area contributed by atoms with Crippen molar-refractivity contribution in [3.8, 4) is 16.9 Å². The number of hydrogen-bond acceptors (Lipinski definition) is 3. The van der Waals surface area contributed by atoms with Gasteiger partial charge in [-0.05, 0) is 42.3 Å². The summed E-state index contributed by atoms with van der Waals surface area (Å²) in [5, 5.41) is 2.89. The number of rotatable bonds is 4. The van der Waals surface area contributed by atoms with E-state index in [0.29, 0.717) is 17.0 Å². The minimum Gasteiger partial charge on any atom is -0.496 e. The van der Waals surface area contributed by atoms with Gasteiger partial charge in [-0.2, -0.15) is 0 Å². The highest BCUT2D eigenvalue weighted by Crippen LogP contribution is 2.27. The summed E-state index contributed by atoms with van der Waals surface area (Å²) in [6.45, 7) is 1.88. The lowest BCUT2D eigenvalue weighted by molar-refractivity contribution is 0.102. The predicted molar refractivity (Wildman–Crippen MR) is 95.4 cm³/mol. The number of nitrogens with one attached hydrogen (secondary N) is 1. The number of aryl methyl sites for hydroxylation is 1. The van der Waals surface area contributed by atoms with Gasteiger partial charge in [0.15, 0.2) is 0 Å². The zero-order chi connectivity index (χ0) is 16.9. The molecule has 2 aromatic carbocycles. The number of benzene rings is 2. The van der Waals surface area contributed by atoms with Gasteiger partial charge in [0, 0.05) is 17.6 Å². The van der Waals surface area contributed by atoms with E-state index < -0.39 is 0 Å². The molecule has 0 fully saturated rings. The molecule has 24 heavy (non-hydrogen) atoms. The Bertz CT molecular complexity index is 861. The molecule has 0 saturated carbocycles. The summed E-state index contributed by atoms with van der Waals surface area (Å²) in [4.78, 5) is 16.8. The molecule has 0 aliphatic heterocycles. The third-order valence-corrected chi connectivity index (χ3v) is 3.71. The van der Waals surface area contributed by atoms with Gasteiger partial charge in [-0.25, -0.2) is 0 Å². The number of anilines is 1. The van der Waals surface area contributed by atoms with E-state index in [4.69, 9.17) is 4.74 Å². The number of nitrogens with zero attached hydrogens (tertiary/aromatic N) is 1. The SMILES string of the molecule is COc1ccc(-c2ccccc2)cc1C(=O)Nc1ccnc(C)c1. The van der Waals surface area contributed by atoms with Crippen LogP contribution in [0.2, 0.25) is 0 Å². The third kappa shape index (κ3) is 3.43. The molecule has 120 valence electrons. The quantitative estimate of drug-likeness (QED) is 0.779. The van der Waals surface area contributed by atoms with Crippen molar-refractivity contribution in [3.05, 3.63) is 78.1 Å². The molecule has 0 radical (unpaired) electrons. The van der Waals surface area contributed by atoms with Crippen LogP contribution in [-0.2, 0) is 0 Å². The van der Waals surface area contributed by atoms with Crippen LogP contribution in [0.25, 0.3) is 11.1 Å². The van der Waals surface area contributed by atoms with Crippen molar-refractivity contribution in [3.63, 3.8) is 0 Å². The highest BCUT2D eigenvalue weighted by atomic mass is 16.5. The Morgan fingerprint density at radius 3 is 2.50 bits per heavy atom. The maximum atomic E-state index is 12.7. The zero-order valence-electron chi connectivity index (χ0n) is 13.6. The average molecular weight is 318 g/mol. The van der Waals surface area contributed by atoms with Crippen LogP contribution in [-0.4, -0.2) is 18.0 Å². The maximum Gasteiger partial charge on any atom is 0.259 e. The van der Waals surface area contributed by atoms with Gasteiger partial charge >= 0.3 is 0 Å². The van der Waals surface area contributed by atoms with Gasteiger partial charge in [-0.1, -0.05) is 36.4 Å². The summed E-state index contributed by atoms with van der Waals surface area (Å²) in [6.07, 6.45) is 1.67. The first-order valence-corrected chi connectivity index (χ1v) is 7.65. The summed E-state index contributed by atoms with van der Waals surface area (Å²) >= 11 is 0. The van der Waals surface area contributed by atoms with E-state index in [9.17, 15) is 4.79 Å². The molecule has 3 aromatic rings. The van der Waals surface area contributed by atoms with Crippen LogP contribution < -0.4 is 10.1 Å². The molecule has 4 heteroatoms. The van der Waals surface area contributed by atoms with E-state index in [1.165, 1.54) is 0 Å². The number of carbonyl (C=O) groups excluding carboxylic acids is 1. The van der Waals surface area contributed by atoms with Gasteiger partial charge < -0.3 is 10.1 Å². The highest BCUT2D eigenvalue weighted by molar-refractivity contribution is 6.07. The number of amides is 1. The number of aromatic nitrogens is 1. The lowest BCUT2D eigenvalue weighted by Crippen LogP contribution is -2.13. The Morgan fingerprint density at radius 1 is 1.00 bits per heavy atom. The normalized spacial score (nSPS) is 10.2. The van der Waals surface area contributed by atoms with Crippen molar-refractivity contribution in [1.29, 1.82) is 0 Å². The molecule has 0 saturated heterocycles. The van der Waals surface area contributed by atoms with E-state index in [-0.39, 0.29) is 5.91 Å². The lowest BCUT2D eigenvalue weighted by Gasteiger charge is -2.12. The topological polar surface area (TPSA) is 51.2 Å². The van der Waals surface area contributed by atoms with Gasteiger partial charge in [0.25, 0.3) is 5.91 Å². The highest BCUT2D eigenvalue weighted by Gasteiger charge is 2.14. The first-order valence-electron chi connectivity index (χ1n) is 7.65. The number of methoxy groups -OCH3 is 1. The van der Waals surface area contributed by atoms with Crippen LogP contribution in [0.1, 0.15) is 16.1 Å². The molecule has 1 aromatic heterocycles. The minimum absolute atomic E-state index is 0.213. The van der Waals surface area contributed by atoms with Crippen molar-refractivity contribution in [2.45, 2.75) is 6.92 Å². The number of carbonyl (C=O) groups is 1. The molecule has 0 unspecified atom stereocenters. The van der Waals surface area contributed by atoms with Crippen molar-refractivity contribution in [2.24, 2.45) is 0 Å². The average Bonchev–Trinajstić information content (AvgIpc) is 2.62. The van der Waals surface area contributed by atoms with E-state index in [0.717, 1.165) is 16.8 Å². The van der Waals surface area contributed by atoms with Gasteiger partial charge in [-0.3, -0.25) is 9.78 Å².